The maximum atomic E-state index is 11.5. The van der Waals surface area contributed by atoms with Gasteiger partial charge in [0.1, 0.15) is 0 Å². The summed E-state index contributed by atoms with van der Waals surface area (Å²) in [6, 6.07) is 0.422. The largest absolute Gasteiger partial charge is 0.314 e. The van der Waals surface area contributed by atoms with Crippen LogP contribution in [0.15, 0.2) is 0 Å². The Bertz CT molecular complexity index is 284. The number of hydrogen-bond donors (Lipinski definition) is 2. The Morgan fingerprint density at radius 3 is 2.50 bits per heavy atom. The number of rotatable bonds is 9. The summed E-state index contributed by atoms with van der Waals surface area (Å²) in [6.07, 6.45) is 4.24. The molecule has 2 N–H and O–H groups in total. The van der Waals surface area contributed by atoms with E-state index in [4.69, 9.17) is 0 Å². The summed E-state index contributed by atoms with van der Waals surface area (Å²) in [5.74, 6) is 1.02. The fourth-order valence-electron chi connectivity index (χ4n) is 1.55. The molecule has 0 heterocycles. The molecule has 0 aromatic carbocycles. The van der Waals surface area contributed by atoms with Crippen molar-refractivity contribution in [2.45, 2.75) is 45.6 Å². The van der Waals surface area contributed by atoms with Crippen LogP contribution in [0, 0.1) is 5.92 Å². The maximum absolute atomic E-state index is 11.5. The second-order valence-corrected chi connectivity index (χ2v) is 6.83. The molecule has 1 saturated carbocycles. The molecule has 0 aromatic heterocycles. The second kappa shape index (κ2) is 6.57. The highest BCUT2D eigenvalue weighted by atomic mass is 32.2. The molecule has 1 aliphatic carbocycles. The fraction of sp³-hybridized carbons (Fsp3) is 1.00. The summed E-state index contributed by atoms with van der Waals surface area (Å²) >= 11 is 0. The first-order valence-electron chi connectivity index (χ1n) is 6.20. The van der Waals surface area contributed by atoms with Gasteiger partial charge in [-0.3, -0.25) is 0 Å². The van der Waals surface area contributed by atoms with Crippen LogP contribution in [0.25, 0.3) is 0 Å². The molecule has 1 aliphatic rings. The van der Waals surface area contributed by atoms with E-state index in [1.54, 1.807) is 0 Å². The first-order chi connectivity index (χ1) is 7.49. The molecule has 0 spiro atoms. The van der Waals surface area contributed by atoms with E-state index in [9.17, 15) is 8.42 Å². The van der Waals surface area contributed by atoms with E-state index in [-0.39, 0.29) is 5.75 Å². The van der Waals surface area contributed by atoms with Gasteiger partial charge in [0.2, 0.25) is 10.0 Å². The minimum absolute atomic E-state index is 0.234. The summed E-state index contributed by atoms with van der Waals surface area (Å²) in [5, 5.41) is 3.21. The van der Waals surface area contributed by atoms with E-state index in [0.29, 0.717) is 19.0 Å². The van der Waals surface area contributed by atoms with E-state index >= 15 is 0 Å². The average Bonchev–Trinajstić information content (AvgIpc) is 2.96. The summed E-state index contributed by atoms with van der Waals surface area (Å²) < 4.78 is 25.7. The first kappa shape index (κ1) is 13.9. The number of hydrogen-bond acceptors (Lipinski definition) is 3. The molecule has 0 unspecified atom stereocenters. The Morgan fingerprint density at radius 1 is 1.25 bits per heavy atom. The third kappa shape index (κ3) is 7.19. The third-order valence-corrected chi connectivity index (χ3v) is 4.18. The van der Waals surface area contributed by atoms with Crippen molar-refractivity contribution >= 4 is 10.0 Å². The molecule has 0 amide bonds. The fourth-order valence-corrected chi connectivity index (χ4v) is 2.65. The van der Waals surface area contributed by atoms with Gasteiger partial charge in [-0.15, -0.1) is 0 Å². The van der Waals surface area contributed by atoms with Crippen LogP contribution in [0.5, 0.6) is 0 Å². The molecule has 0 aromatic rings. The van der Waals surface area contributed by atoms with Crippen molar-refractivity contribution in [2.75, 3.05) is 18.8 Å². The molecule has 16 heavy (non-hydrogen) atoms. The zero-order valence-electron chi connectivity index (χ0n) is 10.3. The minimum Gasteiger partial charge on any atom is -0.314 e. The van der Waals surface area contributed by atoms with Gasteiger partial charge in [0.25, 0.3) is 0 Å². The first-order valence-corrected chi connectivity index (χ1v) is 7.85. The Labute approximate surface area is 99.2 Å². The van der Waals surface area contributed by atoms with E-state index in [2.05, 4.69) is 23.9 Å². The monoisotopic (exact) mass is 248 g/mol. The molecule has 0 atom stereocenters. The van der Waals surface area contributed by atoms with E-state index in [1.165, 1.54) is 12.8 Å². The maximum Gasteiger partial charge on any atom is 0.211 e. The zero-order valence-corrected chi connectivity index (χ0v) is 11.1. The van der Waals surface area contributed by atoms with Crippen LogP contribution in [0.1, 0.15) is 39.5 Å². The predicted octanol–water partition coefficient (Wildman–Crippen LogP) is 1.09. The Morgan fingerprint density at radius 2 is 1.94 bits per heavy atom. The van der Waals surface area contributed by atoms with Gasteiger partial charge < -0.3 is 5.32 Å². The van der Waals surface area contributed by atoms with Gasteiger partial charge in [0.05, 0.1) is 5.75 Å². The van der Waals surface area contributed by atoms with E-state index in [1.807, 2.05) is 0 Å². The van der Waals surface area contributed by atoms with Crippen molar-refractivity contribution in [3.8, 4) is 0 Å². The molecular weight excluding hydrogens is 224 g/mol. The van der Waals surface area contributed by atoms with Crippen molar-refractivity contribution in [3.63, 3.8) is 0 Å². The molecule has 4 nitrogen and oxygen atoms in total. The highest BCUT2D eigenvalue weighted by molar-refractivity contribution is 7.89. The Hall–Kier alpha value is -0.130. The van der Waals surface area contributed by atoms with Gasteiger partial charge in [0, 0.05) is 12.6 Å². The van der Waals surface area contributed by atoms with E-state index in [0.717, 1.165) is 18.9 Å². The molecule has 0 radical (unpaired) electrons. The van der Waals surface area contributed by atoms with Crippen molar-refractivity contribution in [1.82, 2.24) is 10.0 Å². The van der Waals surface area contributed by atoms with Gasteiger partial charge in [0.15, 0.2) is 0 Å². The van der Waals surface area contributed by atoms with Crippen LogP contribution in [-0.4, -0.2) is 33.3 Å². The number of sulfonamides is 1. The van der Waals surface area contributed by atoms with Gasteiger partial charge in [-0.1, -0.05) is 26.7 Å². The van der Waals surface area contributed by atoms with Gasteiger partial charge in [-0.2, -0.15) is 0 Å². The summed E-state index contributed by atoms with van der Waals surface area (Å²) in [6.45, 7) is 5.50. The van der Waals surface area contributed by atoms with Crippen LogP contribution in [0.4, 0.5) is 0 Å². The van der Waals surface area contributed by atoms with E-state index < -0.39 is 10.0 Å². The van der Waals surface area contributed by atoms with Crippen LogP contribution in [-0.2, 0) is 10.0 Å². The van der Waals surface area contributed by atoms with Crippen LogP contribution >= 0.6 is 0 Å². The van der Waals surface area contributed by atoms with Gasteiger partial charge in [-0.05, 0) is 25.3 Å². The van der Waals surface area contributed by atoms with Gasteiger partial charge in [-0.25, -0.2) is 13.1 Å². The van der Waals surface area contributed by atoms with Crippen LogP contribution in [0.2, 0.25) is 0 Å². The summed E-state index contributed by atoms with van der Waals surface area (Å²) in [4.78, 5) is 0. The number of nitrogens with one attached hydrogen (secondary N) is 2. The lowest BCUT2D eigenvalue weighted by Gasteiger charge is -2.09. The molecule has 1 fully saturated rings. The topological polar surface area (TPSA) is 58.2 Å². The predicted molar refractivity (Wildman–Crippen MR) is 66.9 cm³/mol. The lowest BCUT2D eigenvalue weighted by Crippen LogP contribution is -2.30. The SMILES string of the molecule is CC(C)NCCCS(=O)(=O)NCCC1CC1. The molecule has 0 aliphatic heterocycles. The second-order valence-electron chi connectivity index (χ2n) is 4.91. The molecule has 96 valence electrons. The van der Waals surface area contributed by atoms with Crippen molar-refractivity contribution in [2.24, 2.45) is 5.92 Å². The molecule has 0 saturated heterocycles. The Kier molecular flexibility index (Phi) is 5.72. The average molecular weight is 248 g/mol. The zero-order chi connectivity index (χ0) is 12.0. The minimum atomic E-state index is -3.04. The lowest BCUT2D eigenvalue weighted by molar-refractivity contribution is 0.557. The third-order valence-electron chi connectivity index (χ3n) is 2.71. The van der Waals surface area contributed by atoms with Gasteiger partial charge >= 0.3 is 0 Å². The lowest BCUT2D eigenvalue weighted by atomic mass is 10.3. The van der Waals surface area contributed by atoms with Crippen LogP contribution in [0.3, 0.4) is 0 Å². The smallest absolute Gasteiger partial charge is 0.211 e. The molecule has 5 heteroatoms. The molecule has 0 bridgehead atoms. The highest BCUT2D eigenvalue weighted by Crippen LogP contribution is 2.31. The molecule has 1 rings (SSSR count). The van der Waals surface area contributed by atoms with Crippen molar-refractivity contribution in [3.05, 3.63) is 0 Å². The summed E-state index contributed by atoms with van der Waals surface area (Å²) in [7, 11) is -3.04. The normalized spacial score (nSPS) is 16.9. The summed E-state index contributed by atoms with van der Waals surface area (Å²) in [5.41, 5.74) is 0. The van der Waals surface area contributed by atoms with Crippen molar-refractivity contribution < 1.29 is 8.42 Å². The van der Waals surface area contributed by atoms with Crippen LogP contribution < -0.4 is 10.0 Å². The van der Waals surface area contributed by atoms with Crippen molar-refractivity contribution in [1.29, 1.82) is 0 Å². The molecular formula is C11H24N2O2S. The standard InChI is InChI=1S/C11H24N2O2S/c1-10(2)12-7-3-9-16(14,15)13-8-6-11-4-5-11/h10-13H,3-9H2,1-2H3. The highest BCUT2D eigenvalue weighted by Gasteiger charge is 2.21. The quantitative estimate of drug-likeness (QED) is 0.601. The Balaban J connectivity index is 2.03.